The Hall–Kier alpha value is -3.41. The van der Waals surface area contributed by atoms with E-state index < -0.39 is 6.10 Å². The molecule has 0 aliphatic carbocycles. The molecule has 0 N–H and O–H groups in total. The Labute approximate surface area is 452 Å². The second-order valence-electron chi connectivity index (χ2n) is 20.6. The first-order valence-corrected chi connectivity index (χ1v) is 31.1. The monoisotopic (exact) mass is 1020 g/mol. The minimum absolute atomic E-state index is 0.0858. The van der Waals surface area contributed by atoms with Crippen molar-refractivity contribution in [1.82, 2.24) is 0 Å². The average molecular weight is 1020 g/mol. The Morgan fingerprint density at radius 3 is 0.863 bits per heavy atom. The zero-order valence-electron chi connectivity index (χ0n) is 48.1. The molecule has 73 heavy (non-hydrogen) atoms. The van der Waals surface area contributed by atoms with Crippen LogP contribution < -0.4 is 0 Å². The lowest BCUT2D eigenvalue weighted by Crippen LogP contribution is -2.30. The molecular weight excluding hydrogens is 901 g/mol. The van der Waals surface area contributed by atoms with Crippen LogP contribution >= 0.6 is 0 Å². The number of carbonyl (C=O) groups excluding carboxylic acids is 3. The SMILES string of the molecule is CC/C=C\C/C=C\C/C=C\C/C=C\CCCCCCCCCCC(=O)OCC(COC(=O)CCCCCCC/C=C\CCCCCCCCC)OC(=O)CCCCCCCCC/C=C\C/C=C\CCCCCC. The molecule has 0 rings (SSSR count). The highest BCUT2D eigenvalue weighted by Crippen LogP contribution is 2.15. The Morgan fingerprint density at radius 2 is 0.534 bits per heavy atom. The predicted octanol–water partition coefficient (Wildman–Crippen LogP) is 21.1. The van der Waals surface area contributed by atoms with Crippen LogP contribution in [-0.2, 0) is 28.6 Å². The summed E-state index contributed by atoms with van der Waals surface area (Å²) in [6.45, 7) is 6.52. The molecule has 420 valence electrons. The van der Waals surface area contributed by atoms with Gasteiger partial charge in [0.25, 0.3) is 0 Å². The van der Waals surface area contributed by atoms with Gasteiger partial charge in [-0.3, -0.25) is 14.4 Å². The topological polar surface area (TPSA) is 78.9 Å². The van der Waals surface area contributed by atoms with Crippen LogP contribution in [0.3, 0.4) is 0 Å². The van der Waals surface area contributed by atoms with Gasteiger partial charge in [0.2, 0.25) is 0 Å². The Kier molecular flexibility index (Phi) is 58.3. The van der Waals surface area contributed by atoms with Gasteiger partial charge in [0.1, 0.15) is 13.2 Å². The third-order valence-electron chi connectivity index (χ3n) is 13.4. The molecule has 0 saturated heterocycles. The van der Waals surface area contributed by atoms with Crippen LogP contribution in [0, 0.1) is 0 Å². The zero-order chi connectivity index (χ0) is 52.9. The van der Waals surface area contributed by atoms with E-state index in [2.05, 4.69) is 106 Å². The summed E-state index contributed by atoms with van der Waals surface area (Å²) in [6.07, 6.45) is 80.0. The van der Waals surface area contributed by atoms with Crippen LogP contribution in [0.15, 0.2) is 85.1 Å². The van der Waals surface area contributed by atoms with Gasteiger partial charge in [0, 0.05) is 19.3 Å². The normalized spacial score (nSPS) is 12.6. The second kappa shape index (κ2) is 61.1. The van der Waals surface area contributed by atoms with Crippen LogP contribution in [0.1, 0.15) is 303 Å². The average Bonchev–Trinajstić information content (AvgIpc) is 3.39. The predicted molar refractivity (Wildman–Crippen MR) is 316 cm³/mol. The molecule has 6 heteroatoms. The van der Waals surface area contributed by atoms with Crippen LogP contribution in [0.25, 0.3) is 0 Å². The number of hydrogen-bond acceptors (Lipinski definition) is 6. The van der Waals surface area contributed by atoms with Gasteiger partial charge in [0.05, 0.1) is 0 Å². The Morgan fingerprint density at radius 1 is 0.288 bits per heavy atom. The van der Waals surface area contributed by atoms with Crippen molar-refractivity contribution in [3.63, 3.8) is 0 Å². The first-order valence-electron chi connectivity index (χ1n) is 31.1. The van der Waals surface area contributed by atoms with Gasteiger partial charge in [0.15, 0.2) is 6.10 Å². The van der Waals surface area contributed by atoms with E-state index in [1.165, 1.54) is 154 Å². The number of esters is 3. The van der Waals surface area contributed by atoms with Gasteiger partial charge in [-0.1, -0.05) is 254 Å². The van der Waals surface area contributed by atoms with Crippen molar-refractivity contribution in [2.24, 2.45) is 0 Å². The van der Waals surface area contributed by atoms with E-state index in [0.717, 1.165) is 109 Å². The molecule has 0 aliphatic heterocycles. The maximum atomic E-state index is 12.9. The summed E-state index contributed by atoms with van der Waals surface area (Å²) in [7, 11) is 0. The molecule has 0 saturated carbocycles. The largest absolute Gasteiger partial charge is 0.462 e. The minimum Gasteiger partial charge on any atom is -0.462 e. The molecule has 0 aliphatic rings. The first kappa shape index (κ1) is 69.6. The number of hydrogen-bond donors (Lipinski definition) is 0. The van der Waals surface area contributed by atoms with E-state index in [9.17, 15) is 14.4 Å². The quantitative estimate of drug-likeness (QED) is 0.0261. The summed E-state index contributed by atoms with van der Waals surface area (Å²) in [4.78, 5) is 38.3. The van der Waals surface area contributed by atoms with Crippen molar-refractivity contribution in [3.05, 3.63) is 85.1 Å². The highest BCUT2D eigenvalue weighted by atomic mass is 16.6. The first-order chi connectivity index (χ1) is 36.0. The van der Waals surface area contributed by atoms with E-state index in [-0.39, 0.29) is 31.1 Å². The molecule has 0 aromatic heterocycles. The van der Waals surface area contributed by atoms with E-state index >= 15 is 0 Å². The molecule has 0 heterocycles. The summed E-state index contributed by atoms with van der Waals surface area (Å²) in [5.74, 6) is -0.899. The van der Waals surface area contributed by atoms with Gasteiger partial charge in [-0.25, -0.2) is 0 Å². The summed E-state index contributed by atoms with van der Waals surface area (Å²) >= 11 is 0. The molecule has 0 aromatic rings. The molecule has 0 spiro atoms. The zero-order valence-corrected chi connectivity index (χ0v) is 48.1. The lowest BCUT2D eigenvalue weighted by Gasteiger charge is -2.18. The smallest absolute Gasteiger partial charge is 0.306 e. The lowest BCUT2D eigenvalue weighted by molar-refractivity contribution is -0.167. The summed E-state index contributed by atoms with van der Waals surface area (Å²) in [6, 6.07) is 0. The standard InChI is InChI=1S/C67H116O6/c1-4-7-10-13-16-19-22-25-28-31-33-34-35-37-39-42-45-48-51-54-57-60-66(69)72-63-64(62-71-65(68)59-56-53-50-47-44-41-38-30-27-24-21-18-15-12-9-6-3)73-67(70)61-58-55-52-49-46-43-40-36-32-29-26-23-20-17-14-11-8-5-2/h7,10,16,19-20,23,25,28-30,32-34,38,64H,4-6,8-9,11-15,17-18,21-22,24,26-27,31,35-37,39-63H2,1-3H3/b10-7-,19-16-,23-20-,28-25-,32-29-,34-33-,38-30-. The summed E-state index contributed by atoms with van der Waals surface area (Å²) < 4.78 is 16.9. The minimum atomic E-state index is -0.789. The second-order valence-corrected chi connectivity index (χ2v) is 20.6. The van der Waals surface area contributed by atoms with Crippen LogP contribution in [0.4, 0.5) is 0 Å². The fraction of sp³-hybridized carbons (Fsp3) is 0.746. The van der Waals surface area contributed by atoms with E-state index in [1.807, 2.05) is 0 Å². The van der Waals surface area contributed by atoms with E-state index in [1.54, 1.807) is 0 Å². The van der Waals surface area contributed by atoms with Crippen molar-refractivity contribution in [3.8, 4) is 0 Å². The van der Waals surface area contributed by atoms with Crippen molar-refractivity contribution < 1.29 is 28.6 Å². The van der Waals surface area contributed by atoms with Crippen LogP contribution in [0.5, 0.6) is 0 Å². The van der Waals surface area contributed by atoms with Crippen molar-refractivity contribution in [1.29, 1.82) is 0 Å². The van der Waals surface area contributed by atoms with Crippen molar-refractivity contribution in [2.75, 3.05) is 13.2 Å². The third-order valence-corrected chi connectivity index (χ3v) is 13.4. The van der Waals surface area contributed by atoms with Gasteiger partial charge in [-0.2, -0.15) is 0 Å². The number of ether oxygens (including phenoxy) is 3. The number of unbranched alkanes of at least 4 members (excludes halogenated alkanes) is 31. The lowest BCUT2D eigenvalue weighted by atomic mass is 10.1. The molecule has 0 fully saturated rings. The number of rotatable bonds is 56. The maximum Gasteiger partial charge on any atom is 0.306 e. The highest BCUT2D eigenvalue weighted by Gasteiger charge is 2.19. The van der Waals surface area contributed by atoms with Crippen LogP contribution in [-0.4, -0.2) is 37.2 Å². The number of allylic oxidation sites excluding steroid dienone is 14. The van der Waals surface area contributed by atoms with Gasteiger partial charge in [-0.15, -0.1) is 0 Å². The Balaban J connectivity index is 4.41. The molecule has 0 aromatic carbocycles. The van der Waals surface area contributed by atoms with Gasteiger partial charge in [-0.05, 0) is 116 Å². The fourth-order valence-corrected chi connectivity index (χ4v) is 8.69. The molecule has 1 unspecified atom stereocenters. The molecule has 6 nitrogen and oxygen atoms in total. The van der Waals surface area contributed by atoms with Crippen molar-refractivity contribution >= 4 is 17.9 Å². The molecular formula is C67H116O6. The number of carbonyl (C=O) groups is 3. The molecule has 1 atom stereocenters. The molecule has 0 amide bonds. The highest BCUT2D eigenvalue weighted by molar-refractivity contribution is 5.71. The fourth-order valence-electron chi connectivity index (χ4n) is 8.69. The Bertz CT molecular complexity index is 1400. The van der Waals surface area contributed by atoms with Gasteiger partial charge >= 0.3 is 17.9 Å². The van der Waals surface area contributed by atoms with Gasteiger partial charge < -0.3 is 14.2 Å². The summed E-state index contributed by atoms with van der Waals surface area (Å²) in [5.41, 5.74) is 0. The molecule has 0 bridgehead atoms. The summed E-state index contributed by atoms with van der Waals surface area (Å²) in [5, 5.41) is 0. The van der Waals surface area contributed by atoms with Crippen molar-refractivity contribution in [2.45, 2.75) is 309 Å². The molecule has 0 radical (unpaired) electrons. The van der Waals surface area contributed by atoms with E-state index in [0.29, 0.717) is 19.3 Å². The van der Waals surface area contributed by atoms with E-state index in [4.69, 9.17) is 14.2 Å². The third kappa shape index (κ3) is 59.3. The maximum absolute atomic E-state index is 12.9. The van der Waals surface area contributed by atoms with Crippen LogP contribution in [0.2, 0.25) is 0 Å².